The van der Waals surface area contributed by atoms with Crippen molar-refractivity contribution in [1.82, 2.24) is 4.98 Å². The highest BCUT2D eigenvalue weighted by Gasteiger charge is 2.15. The first-order chi connectivity index (χ1) is 12.0. The van der Waals surface area contributed by atoms with E-state index in [9.17, 15) is 9.59 Å². The smallest absolute Gasteiger partial charge is 0.340 e. The van der Waals surface area contributed by atoms with Crippen molar-refractivity contribution in [2.45, 2.75) is 13.8 Å². The summed E-state index contributed by atoms with van der Waals surface area (Å²) in [6.07, 6.45) is 1.59. The zero-order valence-electron chi connectivity index (χ0n) is 13.9. The maximum atomic E-state index is 12.3. The van der Waals surface area contributed by atoms with Gasteiger partial charge in [0.15, 0.2) is 6.61 Å². The molecular weight excluding hydrogens is 384 g/mol. The molecule has 0 aliphatic heterocycles. The van der Waals surface area contributed by atoms with Crippen LogP contribution < -0.4 is 5.32 Å². The lowest BCUT2D eigenvalue weighted by molar-refractivity contribution is -0.119. The highest BCUT2D eigenvalue weighted by Crippen LogP contribution is 2.23. The second-order valence-electron chi connectivity index (χ2n) is 5.76. The minimum Gasteiger partial charge on any atom is -0.452 e. The van der Waals surface area contributed by atoms with Crippen LogP contribution in [0.3, 0.4) is 0 Å². The quantitative estimate of drug-likeness (QED) is 0.639. The van der Waals surface area contributed by atoms with E-state index in [1.807, 2.05) is 50.2 Å². The summed E-state index contributed by atoms with van der Waals surface area (Å²) < 4.78 is 6.01. The number of carbonyl (C=O) groups excluding carboxylic acids is 2. The van der Waals surface area contributed by atoms with E-state index in [4.69, 9.17) is 4.74 Å². The van der Waals surface area contributed by atoms with Crippen molar-refractivity contribution >= 4 is 44.4 Å². The molecule has 0 aliphatic carbocycles. The third kappa shape index (κ3) is 3.74. The molecule has 0 bridgehead atoms. The third-order valence-electron chi connectivity index (χ3n) is 4.08. The molecule has 2 N–H and O–H groups in total. The van der Waals surface area contributed by atoms with Crippen LogP contribution in [0.25, 0.3) is 10.9 Å². The molecule has 3 rings (SSSR count). The zero-order chi connectivity index (χ0) is 18.0. The molecule has 0 aliphatic rings. The number of H-pyrrole nitrogens is 1. The van der Waals surface area contributed by atoms with Gasteiger partial charge >= 0.3 is 5.97 Å². The number of rotatable bonds is 4. The van der Waals surface area contributed by atoms with Gasteiger partial charge in [-0.2, -0.15) is 0 Å². The van der Waals surface area contributed by atoms with Crippen LogP contribution >= 0.6 is 15.9 Å². The molecule has 1 amide bonds. The Kier molecular flexibility index (Phi) is 4.90. The van der Waals surface area contributed by atoms with Crippen LogP contribution in [0.15, 0.2) is 47.1 Å². The van der Waals surface area contributed by atoms with Gasteiger partial charge in [-0.25, -0.2) is 4.79 Å². The Hall–Kier alpha value is -2.60. The van der Waals surface area contributed by atoms with Gasteiger partial charge < -0.3 is 15.0 Å². The number of aromatic nitrogens is 1. The molecule has 0 atom stereocenters. The van der Waals surface area contributed by atoms with Gasteiger partial charge in [0, 0.05) is 27.3 Å². The van der Waals surface area contributed by atoms with Gasteiger partial charge in [0.1, 0.15) is 0 Å². The van der Waals surface area contributed by atoms with Gasteiger partial charge in [-0.15, -0.1) is 0 Å². The van der Waals surface area contributed by atoms with Crippen molar-refractivity contribution in [3.63, 3.8) is 0 Å². The number of carbonyl (C=O) groups is 2. The Balaban J connectivity index is 1.66. The molecule has 128 valence electrons. The van der Waals surface area contributed by atoms with E-state index in [1.54, 1.807) is 6.20 Å². The molecular formula is C19H17BrN2O3. The Labute approximate surface area is 153 Å². The van der Waals surface area contributed by atoms with E-state index in [1.165, 1.54) is 0 Å². The molecule has 0 spiro atoms. The van der Waals surface area contributed by atoms with Crippen LogP contribution in [0.4, 0.5) is 5.69 Å². The number of hydrogen-bond acceptors (Lipinski definition) is 3. The second kappa shape index (κ2) is 7.11. The number of halogens is 1. The first-order valence-corrected chi connectivity index (χ1v) is 8.55. The molecule has 0 unspecified atom stereocenters. The van der Waals surface area contributed by atoms with Crippen molar-refractivity contribution in [3.8, 4) is 0 Å². The molecule has 0 saturated heterocycles. The predicted molar refractivity (Wildman–Crippen MR) is 101 cm³/mol. The summed E-state index contributed by atoms with van der Waals surface area (Å²) in [6, 6.07) is 11.2. The van der Waals surface area contributed by atoms with E-state index < -0.39 is 5.97 Å². The number of hydrogen-bond donors (Lipinski definition) is 2. The molecule has 0 saturated carbocycles. The molecule has 6 heteroatoms. The minimum atomic E-state index is -0.541. The topological polar surface area (TPSA) is 71.2 Å². The van der Waals surface area contributed by atoms with Crippen LogP contribution in [0.1, 0.15) is 21.5 Å². The first kappa shape index (κ1) is 17.2. The van der Waals surface area contributed by atoms with Crippen molar-refractivity contribution < 1.29 is 14.3 Å². The number of esters is 1. The molecule has 2 aromatic carbocycles. The summed E-state index contributed by atoms with van der Waals surface area (Å²) in [4.78, 5) is 27.4. The van der Waals surface area contributed by atoms with Crippen molar-refractivity contribution in [2.24, 2.45) is 0 Å². The largest absolute Gasteiger partial charge is 0.452 e. The number of nitrogens with one attached hydrogen (secondary N) is 2. The first-order valence-electron chi connectivity index (χ1n) is 7.75. The number of amides is 1. The standard InChI is InChI=1S/C19H17BrN2O3/c1-11-4-3-5-16(12(11)2)22-18(23)10-25-19(24)15-9-21-17-7-6-13(20)8-14(15)17/h3-9,21H,10H2,1-2H3,(H,22,23). The van der Waals surface area contributed by atoms with Crippen LogP contribution in [0.5, 0.6) is 0 Å². The highest BCUT2D eigenvalue weighted by molar-refractivity contribution is 9.10. The number of aromatic amines is 1. The van der Waals surface area contributed by atoms with Gasteiger partial charge in [0.25, 0.3) is 5.91 Å². The summed E-state index contributed by atoms with van der Waals surface area (Å²) >= 11 is 3.38. The van der Waals surface area contributed by atoms with Gasteiger partial charge in [0.05, 0.1) is 5.56 Å². The van der Waals surface area contributed by atoms with Gasteiger partial charge in [-0.05, 0) is 49.2 Å². The lowest BCUT2D eigenvalue weighted by Gasteiger charge is -2.10. The summed E-state index contributed by atoms with van der Waals surface area (Å²) in [5.74, 6) is -0.913. The van der Waals surface area contributed by atoms with E-state index in [0.717, 1.165) is 32.2 Å². The van der Waals surface area contributed by atoms with Crippen LogP contribution in [0, 0.1) is 13.8 Å². The zero-order valence-corrected chi connectivity index (χ0v) is 15.4. The maximum absolute atomic E-state index is 12.3. The summed E-state index contributed by atoms with van der Waals surface area (Å²) in [7, 11) is 0. The van der Waals surface area contributed by atoms with E-state index >= 15 is 0 Å². The van der Waals surface area contributed by atoms with Gasteiger partial charge in [-0.1, -0.05) is 28.1 Å². The monoisotopic (exact) mass is 400 g/mol. The minimum absolute atomic E-state index is 0.340. The molecule has 1 aromatic heterocycles. The molecule has 0 radical (unpaired) electrons. The van der Waals surface area contributed by atoms with Crippen molar-refractivity contribution in [1.29, 1.82) is 0 Å². The number of aryl methyl sites for hydroxylation is 1. The average Bonchev–Trinajstić information content (AvgIpc) is 3.00. The second-order valence-corrected chi connectivity index (χ2v) is 6.68. The fourth-order valence-corrected chi connectivity index (χ4v) is 2.90. The van der Waals surface area contributed by atoms with Gasteiger partial charge in [-0.3, -0.25) is 4.79 Å². The van der Waals surface area contributed by atoms with Crippen LogP contribution in [-0.2, 0) is 9.53 Å². The number of ether oxygens (including phenoxy) is 1. The average molecular weight is 401 g/mol. The highest BCUT2D eigenvalue weighted by atomic mass is 79.9. The predicted octanol–water partition coefficient (Wildman–Crippen LogP) is 4.34. The fourth-order valence-electron chi connectivity index (χ4n) is 2.54. The lowest BCUT2D eigenvalue weighted by Crippen LogP contribution is -2.21. The molecule has 0 fully saturated rings. The van der Waals surface area contributed by atoms with E-state index in [-0.39, 0.29) is 12.5 Å². The number of fused-ring (bicyclic) bond motifs is 1. The summed E-state index contributed by atoms with van der Waals surface area (Å²) in [6.45, 7) is 3.56. The third-order valence-corrected chi connectivity index (χ3v) is 4.57. The van der Waals surface area contributed by atoms with Crippen LogP contribution in [0.2, 0.25) is 0 Å². The lowest BCUT2D eigenvalue weighted by atomic mass is 10.1. The summed E-state index contributed by atoms with van der Waals surface area (Å²) in [5, 5.41) is 3.51. The van der Waals surface area contributed by atoms with Crippen LogP contribution in [-0.4, -0.2) is 23.5 Å². The van der Waals surface area contributed by atoms with E-state index in [2.05, 4.69) is 26.2 Å². The van der Waals surface area contributed by atoms with E-state index in [0.29, 0.717) is 5.56 Å². The Morgan fingerprint density at radius 3 is 2.80 bits per heavy atom. The SMILES string of the molecule is Cc1cccc(NC(=O)COC(=O)c2c[nH]c3ccc(Br)cc23)c1C. The Morgan fingerprint density at radius 2 is 2.00 bits per heavy atom. The molecule has 1 heterocycles. The number of benzene rings is 2. The maximum Gasteiger partial charge on any atom is 0.340 e. The van der Waals surface area contributed by atoms with Gasteiger partial charge in [0.2, 0.25) is 0 Å². The Bertz CT molecular complexity index is 962. The molecule has 3 aromatic rings. The number of anilines is 1. The normalized spacial score (nSPS) is 10.7. The molecule has 25 heavy (non-hydrogen) atoms. The summed E-state index contributed by atoms with van der Waals surface area (Å²) in [5.41, 5.74) is 4.02. The fraction of sp³-hybridized carbons (Fsp3) is 0.158. The van der Waals surface area contributed by atoms with Crippen molar-refractivity contribution in [2.75, 3.05) is 11.9 Å². The molecule has 5 nitrogen and oxygen atoms in total. The van der Waals surface area contributed by atoms with Crippen molar-refractivity contribution in [3.05, 3.63) is 63.8 Å². The Morgan fingerprint density at radius 1 is 1.20 bits per heavy atom.